The summed E-state index contributed by atoms with van der Waals surface area (Å²) >= 11 is 6.50. The molecule has 1 aliphatic carbocycles. The number of rotatable bonds is 5. The number of carbonyl (C=O) groups is 1. The summed E-state index contributed by atoms with van der Waals surface area (Å²) in [5.74, 6) is 0.800. The van der Waals surface area contributed by atoms with E-state index in [0.29, 0.717) is 21.5 Å². The zero-order valence-corrected chi connectivity index (χ0v) is 13.2. The molecule has 0 aromatic carbocycles. The summed E-state index contributed by atoms with van der Waals surface area (Å²) in [7, 11) is 1.56. The Morgan fingerprint density at radius 2 is 2.20 bits per heavy atom. The Hall–Kier alpha value is -1.14. The van der Waals surface area contributed by atoms with Gasteiger partial charge in [-0.1, -0.05) is 31.5 Å². The summed E-state index contributed by atoms with van der Waals surface area (Å²) in [5.41, 5.74) is 5.83. The van der Waals surface area contributed by atoms with Gasteiger partial charge in [-0.25, -0.2) is 0 Å². The number of nitrogens with one attached hydrogen (secondary N) is 1. The Balaban J connectivity index is 2.08. The van der Waals surface area contributed by atoms with Crippen LogP contribution < -0.4 is 15.8 Å². The predicted molar refractivity (Wildman–Crippen MR) is 85.5 cm³/mol. The molecule has 1 aromatic rings. The normalized spacial score (nSPS) is 17.4. The van der Waals surface area contributed by atoms with Gasteiger partial charge in [0.15, 0.2) is 0 Å². The van der Waals surface area contributed by atoms with Gasteiger partial charge < -0.3 is 15.8 Å². The van der Waals surface area contributed by atoms with Gasteiger partial charge in [0.25, 0.3) is 5.91 Å². The molecule has 0 radical (unpaired) electrons. The van der Waals surface area contributed by atoms with Gasteiger partial charge in [-0.15, -0.1) is 11.3 Å². The maximum Gasteiger partial charge on any atom is 0.265 e. The number of thiocarbonyl (C=S) groups is 1. The highest BCUT2D eigenvalue weighted by Crippen LogP contribution is 2.28. The Bertz CT molecular complexity index is 481. The zero-order valence-electron chi connectivity index (χ0n) is 11.6. The van der Waals surface area contributed by atoms with E-state index in [1.165, 1.54) is 30.6 Å². The van der Waals surface area contributed by atoms with Crippen molar-refractivity contribution in [1.29, 1.82) is 0 Å². The van der Waals surface area contributed by atoms with Gasteiger partial charge >= 0.3 is 0 Å². The van der Waals surface area contributed by atoms with Crippen LogP contribution in [-0.2, 0) is 0 Å². The first-order valence-corrected chi connectivity index (χ1v) is 8.14. The van der Waals surface area contributed by atoms with Crippen LogP contribution in [-0.4, -0.2) is 24.0 Å². The summed E-state index contributed by atoms with van der Waals surface area (Å²) in [5, 5.41) is 4.83. The lowest BCUT2D eigenvalue weighted by Crippen LogP contribution is -2.48. The van der Waals surface area contributed by atoms with Gasteiger partial charge in [0.05, 0.1) is 18.1 Å². The molecule has 0 spiro atoms. The quantitative estimate of drug-likeness (QED) is 0.821. The second kappa shape index (κ2) is 7.04. The molecule has 1 atom stereocenters. The Labute approximate surface area is 128 Å². The van der Waals surface area contributed by atoms with E-state index in [0.717, 1.165) is 12.8 Å². The first kappa shape index (κ1) is 15.3. The van der Waals surface area contributed by atoms with Crippen LogP contribution in [0.1, 0.15) is 41.8 Å². The third-order valence-electron chi connectivity index (χ3n) is 3.77. The molecule has 4 nitrogen and oxygen atoms in total. The first-order valence-electron chi connectivity index (χ1n) is 6.85. The highest BCUT2D eigenvalue weighted by Gasteiger charge is 2.28. The molecule has 3 N–H and O–H groups in total. The summed E-state index contributed by atoms with van der Waals surface area (Å²) in [6.07, 6.45) is 5.77. The molecular weight excluding hydrogens is 292 g/mol. The second-order valence-electron chi connectivity index (χ2n) is 5.07. The number of methoxy groups -OCH3 is 1. The van der Waals surface area contributed by atoms with Crippen molar-refractivity contribution >= 4 is 34.5 Å². The lowest BCUT2D eigenvalue weighted by Gasteiger charge is -2.30. The highest BCUT2D eigenvalue weighted by atomic mass is 32.1. The van der Waals surface area contributed by atoms with Gasteiger partial charge in [0.2, 0.25) is 0 Å². The van der Waals surface area contributed by atoms with Crippen LogP contribution in [0.25, 0.3) is 0 Å². The fourth-order valence-electron chi connectivity index (χ4n) is 2.72. The van der Waals surface area contributed by atoms with Crippen LogP contribution in [0.3, 0.4) is 0 Å². The SMILES string of the molecule is COc1ccsc1C(=O)NC(C(N)=S)C1CCCCC1. The van der Waals surface area contributed by atoms with Gasteiger partial charge in [0, 0.05) is 0 Å². The molecule has 1 heterocycles. The summed E-state index contributed by atoms with van der Waals surface area (Å²) in [6, 6.07) is 1.57. The molecule has 6 heteroatoms. The van der Waals surface area contributed by atoms with Crippen LogP contribution in [0.15, 0.2) is 11.4 Å². The lowest BCUT2D eigenvalue weighted by molar-refractivity contribution is 0.0933. The second-order valence-corrected chi connectivity index (χ2v) is 6.46. The molecule has 0 bridgehead atoms. The third kappa shape index (κ3) is 3.49. The minimum Gasteiger partial charge on any atom is -0.495 e. The summed E-state index contributed by atoms with van der Waals surface area (Å²) < 4.78 is 5.18. The number of hydrogen-bond acceptors (Lipinski definition) is 4. The Morgan fingerprint density at radius 1 is 1.50 bits per heavy atom. The van der Waals surface area contributed by atoms with E-state index in [4.69, 9.17) is 22.7 Å². The average Bonchev–Trinajstić information content (AvgIpc) is 2.93. The highest BCUT2D eigenvalue weighted by molar-refractivity contribution is 7.80. The van der Waals surface area contributed by atoms with Crippen molar-refractivity contribution in [2.24, 2.45) is 11.7 Å². The number of carbonyl (C=O) groups excluding carboxylic acids is 1. The largest absolute Gasteiger partial charge is 0.495 e. The third-order valence-corrected chi connectivity index (χ3v) is 4.92. The number of hydrogen-bond donors (Lipinski definition) is 2. The van der Waals surface area contributed by atoms with Crippen molar-refractivity contribution in [3.63, 3.8) is 0 Å². The smallest absolute Gasteiger partial charge is 0.265 e. The molecular formula is C14H20N2O2S2. The molecule has 1 unspecified atom stereocenters. The fourth-order valence-corrected chi connectivity index (χ4v) is 3.73. The van der Waals surface area contributed by atoms with E-state index in [9.17, 15) is 4.79 Å². The van der Waals surface area contributed by atoms with E-state index >= 15 is 0 Å². The molecule has 0 saturated heterocycles. The fraction of sp³-hybridized carbons (Fsp3) is 0.571. The van der Waals surface area contributed by atoms with Crippen molar-refractivity contribution < 1.29 is 9.53 Å². The molecule has 1 fully saturated rings. The Morgan fingerprint density at radius 3 is 2.80 bits per heavy atom. The number of amides is 1. The van der Waals surface area contributed by atoms with Crippen LogP contribution in [0, 0.1) is 5.92 Å². The molecule has 1 aliphatic rings. The van der Waals surface area contributed by atoms with Gasteiger partial charge in [0.1, 0.15) is 10.6 Å². The average molecular weight is 312 g/mol. The van der Waals surface area contributed by atoms with Crippen LogP contribution >= 0.6 is 23.6 Å². The maximum absolute atomic E-state index is 12.3. The van der Waals surface area contributed by atoms with E-state index < -0.39 is 0 Å². The molecule has 1 amide bonds. The molecule has 110 valence electrons. The van der Waals surface area contributed by atoms with Crippen LogP contribution in [0.4, 0.5) is 0 Å². The van der Waals surface area contributed by atoms with Crippen molar-refractivity contribution in [3.05, 3.63) is 16.3 Å². The molecule has 1 aromatic heterocycles. The zero-order chi connectivity index (χ0) is 14.5. The summed E-state index contributed by atoms with van der Waals surface area (Å²) in [6.45, 7) is 0. The molecule has 1 saturated carbocycles. The van der Waals surface area contributed by atoms with E-state index in [-0.39, 0.29) is 11.9 Å². The van der Waals surface area contributed by atoms with Crippen molar-refractivity contribution in [1.82, 2.24) is 5.32 Å². The topological polar surface area (TPSA) is 64.3 Å². The maximum atomic E-state index is 12.3. The van der Waals surface area contributed by atoms with Crippen LogP contribution in [0.2, 0.25) is 0 Å². The summed E-state index contributed by atoms with van der Waals surface area (Å²) in [4.78, 5) is 13.3. The molecule has 20 heavy (non-hydrogen) atoms. The molecule has 0 aliphatic heterocycles. The molecule has 2 rings (SSSR count). The van der Waals surface area contributed by atoms with E-state index in [1.807, 2.05) is 5.38 Å². The minimum absolute atomic E-state index is 0.153. The monoisotopic (exact) mass is 312 g/mol. The van der Waals surface area contributed by atoms with Gasteiger partial charge in [-0.3, -0.25) is 4.79 Å². The standard InChI is InChI=1S/C14H20N2O2S2/c1-18-10-7-8-20-12(10)14(17)16-11(13(15)19)9-5-3-2-4-6-9/h7-9,11H,2-6H2,1H3,(H2,15,19)(H,16,17). The van der Waals surface area contributed by atoms with E-state index in [1.54, 1.807) is 13.2 Å². The predicted octanol–water partition coefficient (Wildman–Crippen LogP) is 2.72. The van der Waals surface area contributed by atoms with Gasteiger partial charge in [-0.05, 0) is 30.2 Å². The number of thiophene rings is 1. The Kier molecular flexibility index (Phi) is 5.37. The minimum atomic E-state index is -0.218. The van der Waals surface area contributed by atoms with Crippen molar-refractivity contribution in [3.8, 4) is 5.75 Å². The first-order chi connectivity index (χ1) is 9.63. The number of ether oxygens (including phenoxy) is 1. The van der Waals surface area contributed by atoms with E-state index in [2.05, 4.69) is 5.32 Å². The lowest BCUT2D eigenvalue weighted by atomic mass is 9.84. The van der Waals surface area contributed by atoms with Crippen molar-refractivity contribution in [2.75, 3.05) is 7.11 Å². The van der Waals surface area contributed by atoms with Gasteiger partial charge in [-0.2, -0.15) is 0 Å². The van der Waals surface area contributed by atoms with Crippen LogP contribution in [0.5, 0.6) is 5.75 Å². The number of nitrogens with two attached hydrogens (primary N) is 1. The van der Waals surface area contributed by atoms with Crippen molar-refractivity contribution in [2.45, 2.75) is 38.1 Å².